The van der Waals surface area contributed by atoms with Crippen molar-refractivity contribution in [3.8, 4) is 0 Å². The molecule has 92 valence electrons. The van der Waals surface area contributed by atoms with Gasteiger partial charge in [-0.3, -0.25) is 0 Å². The van der Waals surface area contributed by atoms with Crippen LogP contribution < -0.4 is 4.90 Å². The van der Waals surface area contributed by atoms with Gasteiger partial charge in [0.15, 0.2) is 0 Å². The van der Waals surface area contributed by atoms with Crippen molar-refractivity contribution in [2.24, 2.45) is 0 Å². The van der Waals surface area contributed by atoms with E-state index < -0.39 is 0 Å². The maximum atomic E-state index is 5.83. The Labute approximate surface area is 101 Å². The third-order valence-corrected chi connectivity index (χ3v) is 2.16. The van der Waals surface area contributed by atoms with E-state index in [0.29, 0.717) is 25.1 Å². The predicted molar refractivity (Wildman–Crippen MR) is 62.9 cm³/mol. The first-order valence-corrected chi connectivity index (χ1v) is 5.74. The topological polar surface area (TPSA) is 51.4 Å². The number of anilines is 1. The fraction of sp³-hybridized carbons (Fsp3) is 0.800. The van der Waals surface area contributed by atoms with E-state index in [9.17, 15) is 0 Å². The number of aromatic nitrogens is 2. The zero-order chi connectivity index (χ0) is 12.1. The van der Waals surface area contributed by atoms with E-state index >= 15 is 0 Å². The number of hydrogen-bond acceptors (Lipinski definition) is 5. The van der Waals surface area contributed by atoms with Crippen LogP contribution in [0.5, 0.6) is 0 Å². The first kappa shape index (κ1) is 13.3. The van der Waals surface area contributed by atoms with Gasteiger partial charge in [0.25, 0.3) is 0 Å². The number of hydrogen-bond donors (Lipinski definition) is 0. The zero-order valence-electron chi connectivity index (χ0n) is 10.1. The van der Waals surface area contributed by atoms with Gasteiger partial charge in [-0.15, -0.1) is 16.7 Å². The number of likely N-dealkylation sites (N-methyl/N-ethyl adjacent to an activating group) is 1. The van der Waals surface area contributed by atoms with Crippen LogP contribution in [0.3, 0.4) is 0 Å². The summed E-state index contributed by atoms with van der Waals surface area (Å²) in [5.41, 5.74) is 0. The standard InChI is InChI=1S/C10H18ClN3O2/c1-7(2)15-6-5-14(4)10-13-12-9(16-10)8(3)11/h7-8H,5-6H2,1-4H3. The van der Waals surface area contributed by atoms with Gasteiger partial charge >= 0.3 is 6.01 Å². The van der Waals surface area contributed by atoms with Crippen molar-refractivity contribution in [3.63, 3.8) is 0 Å². The SMILES string of the molecule is CC(C)OCCN(C)c1nnc(C(C)Cl)o1. The average molecular weight is 248 g/mol. The van der Waals surface area contributed by atoms with E-state index in [1.54, 1.807) is 6.92 Å². The quantitative estimate of drug-likeness (QED) is 0.722. The van der Waals surface area contributed by atoms with E-state index in [1.165, 1.54) is 0 Å². The Kier molecular flexibility index (Phi) is 5.02. The summed E-state index contributed by atoms with van der Waals surface area (Å²) < 4.78 is 10.8. The lowest BCUT2D eigenvalue weighted by Gasteiger charge is -2.15. The summed E-state index contributed by atoms with van der Waals surface area (Å²) in [7, 11) is 1.87. The molecule has 1 heterocycles. The Morgan fingerprint density at radius 3 is 2.56 bits per heavy atom. The number of ether oxygens (including phenoxy) is 1. The molecule has 6 heteroatoms. The van der Waals surface area contributed by atoms with Crippen LogP contribution in [0.15, 0.2) is 4.42 Å². The van der Waals surface area contributed by atoms with Gasteiger partial charge in [0, 0.05) is 13.6 Å². The van der Waals surface area contributed by atoms with Crippen LogP contribution in [-0.4, -0.2) is 36.5 Å². The van der Waals surface area contributed by atoms with Crippen LogP contribution in [0, 0.1) is 0 Å². The van der Waals surface area contributed by atoms with Crippen LogP contribution in [0.4, 0.5) is 6.01 Å². The zero-order valence-corrected chi connectivity index (χ0v) is 10.9. The van der Waals surface area contributed by atoms with E-state index in [1.807, 2.05) is 25.8 Å². The molecule has 1 aromatic rings. The van der Waals surface area contributed by atoms with Crippen molar-refractivity contribution in [2.75, 3.05) is 25.1 Å². The molecule has 0 saturated carbocycles. The van der Waals surface area contributed by atoms with Crippen LogP contribution in [0.2, 0.25) is 0 Å². The van der Waals surface area contributed by atoms with Crippen molar-refractivity contribution in [3.05, 3.63) is 5.89 Å². The first-order valence-electron chi connectivity index (χ1n) is 5.31. The smallest absolute Gasteiger partial charge is 0.318 e. The summed E-state index contributed by atoms with van der Waals surface area (Å²) in [6, 6.07) is 0.467. The van der Waals surface area contributed by atoms with Crippen LogP contribution in [0.1, 0.15) is 32.0 Å². The summed E-state index contributed by atoms with van der Waals surface area (Å²) in [4.78, 5) is 1.85. The van der Waals surface area contributed by atoms with E-state index in [-0.39, 0.29) is 11.5 Å². The fourth-order valence-corrected chi connectivity index (χ4v) is 1.15. The predicted octanol–water partition coefficient (Wildman–Crippen LogP) is 2.23. The third-order valence-electron chi connectivity index (χ3n) is 1.97. The maximum Gasteiger partial charge on any atom is 0.318 e. The van der Waals surface area contributed by atoms with Crippen molar-refractivity contribution in [2.45, 2.75) is 32.3 Å². The highest BCUT2D eigenvalue weighted by Crippen LogP contribution is 2.20. The molecule has 0 amide bonds. The molecule has 0 radical (unpaired) electrons. The number of halogens is 1. The fourth-order valence-electron chi connectivity index (χ4n) is 1.06. The molecule has 1 unspecified atom stereocenters. The Morgan fingerprint density at radius 1 is 1.38 bits per heavy atom. The molecule has 0 fully saturated rings. The molecule has 16 heavy (non-hydrogen) atoms. The summed E-state index contributed by atoms with van der Waals surface area (Å²) >= 11 is 5.83. The van der Waals surface area contributed by atoms with Crippen LogP contribution >= 0.6 is 11.6 Å². The summed E-state index contributed by atoms with van der Waals surface area (Å²) in [5, 5.41) is 7.49. The molecule has 0 aliphatic heterocycles. The third kappa shape index (κ3) is 3.98. The van der Waals surface area contributed by atoms with E-state index in [0.717, 1.165) is 0 Å². The summed E-state index contributed by atoms with van der Waals surface area (Å²) in [6.45, 7) is 7.12. The van der Waals surface area contributed by atoms with Gasteiger partial charge < -0.3 is 14.1 Å². The molecule has 0 aliphatic carbocycles. The molecule has 1 atom stereocenters. The van der Waals surface area contributed by atoms with Gasteiger partial charge in [-0.1, -0.05) is 5.10 Å². The van der Waals surface area contributed by atoms with Crippen LogP contribution in [-0.2, 0) is 4.74 Å². The van der Waals surface area contributed by atoms with Crippen LogP contribution in [0.25, 0.3) is 0 Å². The molecule has 1 aromatic heterocycles. The van der Waals surface area contributed by atoms with Crippen molar-refractivity contribution < 1.29 is 9.15 Å². The Hall–Kier alpha value is -0.810. The lowest BCUT2D eigenvalue weighted by molar-refractivity contribution is 0.0841. The molecule has 0 N–H and O–H groups in total. The molecular formula is C10H18ClN3O2. The summed E-state index contributed by atoms with van der Waals surface area (Å²) in [6.07, 6.45) is 0.231. The van der Waals surface area contributed by atoms with Gasteiger partial charge in [0.05, 0.1) is 12.7 Å². The van der Waals surface area contributed by atoms with Gasteiger partial charge in [-0.05, 0) is 20.8 Å². The minimum Gasteiger partial charge on any atom is -0.406 e. The maximum absolute atomic E-state index is 5.83. The Balaban J connectivity index is 2.43. The van der Waals surface area contributed by atoms with Gasteiger partial charge in [0.2, 0.25) is 5.89 Å². The summed E-state index contributed by atoms with van der Waals surface area (Å²) in [5.74, 6) is 0.438. The molecule has 0 aromatic carbocycles. The lowest BCUT2D eigenvalue weighted by atomic mass is 10.5. The second kappa shape index (κ2) is 6.06. The molecule has 0 bridgehead atoms. The monoisotopic (exact) mass is 247 g/mol. The molecule has 1 rings (SSSR count). The van der Waals surface area contributed by atoms with Crippen molar-refractivity contribution >= 4 is 17.6 Å². The number of alkyl halides is 1. The molecule has 0 aliphatic rings. The normalized spacial score (nSPS) is 13.1. The minimum absolute atomic E-state index is 0.231. The number of nitrogens with zero attached hydrogens (tertiary/aromatic N) is 3. The number of rotatable bonds is 6. The van der Waals surface area contributed by atoms with Gasteiger partial charge in [-0.2, -0.15) is 0 Å². The Bertz CT molecular complexity index is 315. The van der Waals surface area contributed by atoms with E-state index in [2.05, 4.69) is 10.2 Å². The van der Waals surface area contributed by atoms with E-state index in [4.69, 9.17) is 20.8 Å². The lowest BCUT2D eigenvalue weighted by Crippen LogP contribution is -2.24. The van der Waals surface area contributed by atoms with Crippen molar-refractivity contribution in [1.82, 2.24) is 10.2 Å². The molecule has 0 spiro atoms. The molecular weight excluding hydrogens is 230 g/mol. The molecule has 5 nitrogen and oxygen atoms in total. The largest absolute Gasteiger partial charge is 0.406 e. The second-order valence-electron chi connectivity index (χ2n) is 3.88. The van der Waals surface area contributed by atoms with Crippen molar-refractivity contribution in [1.29, 1.82) is 0 Å². The highest BCUT2D eigenvalue weighted by Gasteiger charge is 2.13. The minimum atomic E-state index is -0.262. The highest BCUT2D eigenvalue weighted by atomic mass is 35.5. The Morgan fingerprint density at radius 2 is 2.06 bits per heavy atom. The second-order valence-corrected chi connectivity index (χ2v) is 4.53. The first-order chi connectivity index (χ1) is 7.50. The average Bonchev–Trinajstić information content (AvgIpc) is 2.65. The van der Waals surface area contributed by atoms with Gasteiger partial charge in [0.1, 0.15) is 5.38 Å². The highest BCUT2D eigenvalue weighted by molar-refractivity contribution is 6.20. The van der Waals surface area contributed by atoms with Gasteiger partial charge in [-0.25, -0.2) is 0 Å². The molecule has 0 saturated heterocycles.